The van der Waals surface area contributed by atoms with Crippen LogP contribution in [0.2, 0.25) is 0 Å². The van der Waals surface area contributed by atoms with Gasteiger partial charge in [0.1, 0.15) is 11.6 Å². The third kappa shape index (κ3) is 2.33. The van der Waals surface area contributed by atoms with Crippen LogP contribution in [0.1, 0.15) is 11.1 Å². The number of H-pyrrole nitrogens is 1. The SMILES string of the molecule is COc1cc(Cn2[nH]c(N)cc2=O)ccc1C. The molecule has 0 radical (unpaired) electrons. The van der Waals surface area contributed by atoms with Crippen molar-refractivity contribution in [2.75, 3.05) is 12.8 Å². The average Bonchev–Trinajstić information content (AvgIpc) is 2.60. The Labute approximate surface area is 98.8 Å². The Hall–Kier alpha value is -2.17. The number of hydrogen-bond acceptors (Lipinski definition) is 3. The third-order valence-electron chi connectivity index (χ3n) is 2.62. The average molecular weight is 233 g/mol. The van der Waals surface area contributed by atoms with Gasteiger partial charge >= 0.3 is 0 Å². The predicted octanol–water partition coefficient (Wildman–Crippen LogP) is 1.12. The summed E-state index contributed by atoms with van der Waals surface area (Å²) in [6.07, 6.45) is 0. The number of aryl methyl sites for hydroxylation is 1. The molecule has 0 aliphatic carbocycles. The van der Waals surface area contributed by atoms with Crippen molar-refractivity contribution >= 4 is 5.82 Å². The normalized spacial score (nSPS) is 10.5. The van der Waals surface area contributed by atoms with Crippen molar-refractivity contribution in [3.63, 3.8) is 0 Å². The molecule has 3 N–H and O–H groups in total. The van der Waals surface area contributed by atoms with Gasteiger partial charge < -0.3 is 10.5 Å². The number of hydrogen-bond donors (Lipinski definition) is 2. The van der Waals surface area contributed by atoms with Gasteiger partial charge in [-0.05, 0) is 24.1 Å². The van der Waals surface area contributed by atoms with Crippen LogP contribution in [0.3, 0.4) is 0 Å². The minimum absolute atomic E-state index is 0.137. The first kappa shape index (κ1) is 11.3. The van der Waals surface area contributed by atoms with Crippen molar-refractivity contribution < 1.29 is 4.74 Å². The summed E-state index contributed by atoms with van der Waals surface area (Å²) in [5.74, 6) is 1.18. The molecule has 1 aromatic heterocycles. The van der Waals surface area contributed by atoms with Gasteiger partial charge in [-0.3, -0.25) is 9.89 Å². The fourth-order valence-corrected chi connectivity index (χ4v) is 1.72. The van der Waals surface area contributed by atoms with Gasteiger partial charge in [-0.25, -0.2) is 4.68 Å². The lowest BCUT2D eigenvalue weighted by Crippen LogP contribution is -2.16. The van der Waals surface area contributed by atoms with E-state index in [9.17, 15) is 4.79 Å². The molecule has 0 saturated heterocycles. The molecule has 17 heavy (non-hydrogen) atoms. The second-order valence-corrected chi connectivity index (χ2v) is 3.94. The lowest BCUT2D eigenvalue weighted by atomic mass is 10.1. The van der Waals surface area contributed by atoms with Gasteiger partial charge in [0.25, 0.3) is 5.56 Å². The molecule has 0 aliphatic heterocycles. The molecular weight excluding hydrogens is 218 g/mol. The zero-order valence-corrected chi connectivity index (χ0v) is 9.86. The van der Waals surface area contributed by atoms with Gasteiger partial charge in [0, 0.05) is 6.07 Å². The van der Waals surface area contributed by atoms with Crippen LogP contribution < -0.4 is 16.0 Å². The number of nitrogens with one attached hydrogen (secondary N) is 1. The number of methoxy groups -OCH3 is 1. The third-order valence-corrected chi connectivity index (χ3v) is 2.62. The number of ether oxygens (including phenoxy) is 1. The summed E-state index contributed by atoms with van der Waals surface area (Å²) < 4.78 is 6.69. The lowest BCUT2D eigenvalue weighted by Gasteiger charge is -2.07. The molecule has 0 bridgehead atoms. The number of rotatable bonds is 3. The van der Waals surface area contributed by atoms with E-state index < -0.39 is 0 Å². The lowest BCUT2D eigenvalue weighted by molar-refractivity contribution is 0.411. The van der Waals surface area contributed by atoms with E-state index in [2.05, 4.69) is 5.10 Å². The summed E-state index contributed by atoms with van der Waals surface area (Å²) in [4.78, 5) is 11.5. The fourth-order valence-electron chi connectivity index (χ4n) is 1.72. The molecule has 0 saturated carbocycles. The number of benzene rings is 1. The summed E-state index contributed by atoms with van der Waals surface area (Å²) in [5, 5.41) is 2.79. The molecule has 0 atom stereocenters. The molecule has 0 spiro atoms. The Bertz CT molecular complexity index is 584. The van der Waals surface area contributed by atoms with Gasteiger partial charge in [-0.1, -0.05) is 12.1 Å². The highest BCUT2D eigenvalue weighted by molar-refractivity contribution is 5.36. The summed E-state index contributed by atoms with van der Waals surface area (Å²) in [7, 11) is 1.63. The molecule has 0 aliphatic rings. The van der Waals surface area contributed by atoms with Crippen molar-refractivity contribution in [3.05, 3.63) is 45.7 Å². The fraction of sp³-hybridized carbons (Fsp3) is 0.250. The Morgan fingerprint density at radius 1 is 1.41 bits per heavy atom. The van der Waals surface area contributed by atoms with Crippen LogP contribution in [0.25, 0.3) is 0 Å². The van der Waals surface area contributed by atoms with Crippen molar-refractivity contribution in [2.45, 2.75) is 13.5 Å². The minimum atomic E-state index is -0.137. The summed E-state index contributed by atoms with van der Waals surface area (Å²) in [5.41, 5.74) is 7.42. The molecule has 5 nitrogen and oxygen atoms in total. The van der Waals surface area contributed by atoms with E-state index in [-0.39, 0.29) is 5.56 Å². The maximum Gasteiger partial charge on any atom is 0.268 e. The Morgan fingerprint density at radius 2 is 2.18 bits per heavy atom. The van der Waals surface area contributed by atoms with Crippen LogP contribution in [0.15, 0.2) is 29.1 Å². The second-order valence-electron chi connectivity index (χ2n) is 3.94. The van der Waals surface area contributed by atoms with Crippen LogP contribution in [0.5, 0.6) is 5.75 Å². The molecule has 0 unspecified atom stereocenters. The van der Waals surface area contributed by atoms with Crippen LogP contribution >= 0.6 is 0 Å². The Morgan fingerprint density at radius 3 is 2.76 bits per heavy atom. The highest BCUT2D eigenvalue weighted by Gasteiger charge is 2.04. The quantitative estimate of drug-likeness (QED) is 0.834. The van der Waals surface area contributed by atoms with E-state index in [1.54, 1.807) is 7.11 Å². The number of nitrogen functional groups attached to an aromatic ring is 1. The van der Waals surface area contributed by atoms with Crippen molar-refractivity contribution in [3.8, 4) is 5.75 Å². The highest BCUT2D eigenvalue weighted by Crippen LogP contribution is 2.19. The molecule has 2 aromatic rings. The number of nitrogens with zero attached hydrogens (tertiary/aromatic N) is 1. The van der Waals surface area contributed by atoms with Crippen LogP contribution in [0, 0.1) is 6.92 Å². The molecule has 0 fully saturated rings. The predicted molar refractivity (Wildman–Crippen MR) is 66.3 cm³/mol. The highest BCUT2D eigenvalue weighted by atomic mass is 16.5. The zero-order chi connectivity index (χ0) is 12.4. The number of nitrogens with two attached hydrogens (primary N) is 1. The smallest absolute Gasteiger partial charge is 0.268 e. The van der Waals surface area contributed by atoms with Crippen LogP contribution in [0.4, 0.5) is 5.82 Å². The first-order chi connectivity index (χ1) is 8.10. The summed E-state index contributed by atoms with van der Waals surface area (Å²) in [6, 6.07) is 7.21. The first-order valence-electron chi connectivity index (χ1n) is 5.29. The summed E-state index contributed by atoms with van der Waals surface area (Å²) >= 11 is 0. The maximum atomic E-state index is 11.5. The molecule has 0 amide bonds. The van der Waals surface area contributed by atoms with E-state index in [1.807, 2.05) is 25.1 Å². The monoisotopic (exact) mass is 233 g/mol. The van der Waals surface area contributed by atoms with Crippen LogP contribution in [-0.4, -0.2) is 16.9 Å². The van der Waals surface area contributed by atoms with E-state index in [4.69, 9.17) is 10.5 Å². The minimum Gasteiger partial charge on any atom is -0.496 e. The van der Waals surface area contributed by atoms with Gasteiger partial charge in [0.2, 0.25) is 0 Å². The number of anilines is 1. The van der Waals surface area contributed by atoms with E-state index in [0.717, 1.165) is 16.9 Å². The second kappa shape index (κ2) is 4.37. The Balaban J connectivity index is 2.30. The van der Waals surface area contributed by atoms with Gasteiger partial charge in [-0.15, -0.1) is 0 Å². The molecule has 90 valence electrons. The zero-order valence-electron chi connectivity index (χ0n) is 9.86. The van der Waals surface area contributed by atoms with Gasteiger partial charge in [0.15, 0.2) is 0 Å². The number of aromatic nitrogens is 2. The molecular formula is C12H15N3O2. The largest absolute Gasteiger partial charge is 0.496 e. The van der Waals surface area contributed by atoms with Gasteiger partial charge in [-0.2, -0.15) is 0 Å². The molecule has 2 rings (SSSR count). The molecule has 5 heteroatoms. The standard InChI is InChI=1S/C12H15N3O2/c1-8-3-4-9(5-10(8)17-2)7-15-12(16)6-11(13)14-15/h3-6,14H,7,13H2,1-2H3. The number of aromatic amines is 1. The van der Waals surface area contributed by atoms with Crippen molar-refractivity contribution in [1.29, 1.82) is 0 Å². The first-order valence-corrected chi connectivity index (χ1v) is 5.29. The Kier molecular flexibility index (Phi) is 2.91. The maximum absolute atomic E-state index is 11.5. The van der Waals surface area contributed by atoms with Gasteiger partial charge in [0.05, 0.1) is 13.7 Å². The van der Waals surface area contributed by atoms with E-state index in [1.165, 1.54) is 10.7 Å². The van der Waals surface area contributed by atoms with E-state index >= 15 is 0 Å². The van der Waals surface area contributed by atoms with Crippen LogP contribution in [-0.2, 0) is 6.54 Å². The van der Waals surface area contributed by atoms with E-state index in [0.29, 0.717) is 12.4 Å². The van der Waals surface area contributed by atoms with Crippen molar-refractivity contribution in [2.24, 2.45) is 0 Å². The topological polar surface area (TPSA) is 73.0 Å². The summed E-state index contributed by atoms with van der Waals surface area (Å²) in [6.45, 7) is 2.42. The molecule has 1 heterocycles. The molecule has 1 aromatic carbocycles. The van der Waals surface area contributed by atoms with Crippen molar-refractivity contribution in [1.82, 2.24) is 9.78 Å².